The molecule has 2 N–H and O–H groups in total. The van der Waals surface area contributed by atoms with Crippen molar-refractivity contribution < 1.29 is 23.8 Å². The zero-order valence-corrected chi connectivity index (χ0v) is 24.0. The number of ether oxygens (including phenoxy) is 1. The molecule has 0 unspecified atom stereocenters. The summed E-state index contributed by atoms with van der Waals surface area (Å²) in [4.78, 5) is 31.1. The average molecular weight is 576 g/mol. The number of nitrogens with zero attached hydrogens (tertiary/aromatic N) is 2. The number of anilines is 2. The molecule has 8 nitrogen and oxygen atoms in total. The number of fused-ring (bicyclic) bond motifs is 1. The summed E-state index contributed by atoms with van der Waals surface area (Å²) in [5.74, 6) is 0.849. The van der Waals surface area contributed by atoms with Crippen molar-refractivity contribution in [3.05, 3.63) is 119 Å². The Morgan fingerprint density at radius 3 is 2.53 bits per heavy atom. The second-order valence-electron chi connectivity index (χ2n) is 11.0. The number of hydrogen-bond donors (Lipinski definition) is 2. The number of hydrogen-bond acceptors (Lipinski definition) is 6. The van der Waals surface area contributed by atoms with Crippen LogP contribution in [0, 0.1) is 12.8 Å². The first-order valence-electron chi connectivity index (χ1n) is 14.5. The fourth-order valence-electron chi connectivity index (χ4n) is 5.52. The summed E-state index contributed by atoms with van der Waals surface area (Å²) in [6.07, 6.45) is 4.37. The molecule has 0 radical (unpaired) electrons. The molecule has 0 saturated carbocycles. The van der Waals surface area contributed by atoms with Gasteiger partial charge in [0.15, 0.2) is 5.76 Å². The molecule has 3 aromatic carbocycles. The number of nitrogens with one attached hydrogen (secondary N) is 1. The van der Waals surface area contributed by atoms with Crippen LogP contribution in [0.3, 0.4) is 0 Å². The van der Waals surface area contributed by atoms with Crippen molar-refractivity contribution in [2.45, 2.75) is 26.2 Å². The highest BCUT2D eigenvalue weighted by Gasteiger charge is 2.22. The monoisotopic (exact) mass is 575 g/mol. The number of aryl methyl sites for hydroxylation is 1. The van der Waals surface area contributed by atoms with E-state index < -0.39 is 5.97 Å². The van der Waals surface area contributed by atoms with Crippen LogP contribution in [0.25, 0.3) is 11.0 Å². The van der Waals surface area contributed by atoms with Crippen molar-refractivity contribution in [1.82, 2.24) is 4.98 Å². The van der Waals surface area contributed by atoms with Gasteiger partial charge < -0.3 is 24.5 Å². The second-order valence-corrected chi connectivity index (χ2v) is 11.0. The number of carboxylic acid groups (broad SMARTS) is 1. The van der Waals surface area contributed by atoms with Gasteiger partial charge in [0.05, 0.1) is 24.1 Å². The number of carbonyl (C=O) groups excluding carboxylic acids is 1. The molecule has 43 heavy (non-hydrogen) atoms. The minimum absolute atomic E-state index is 0.221. The zero-order chi connectivity index (χ0) is 29.8. The lowest BCUT2D eigenvalue weighted by molar-refractivity contribution is 0.0696. The van der Waals surface area contributed by atoms with Gasteiger partial charge in [0, 0.05) is 24.0 Å². The van der Waals surface area contributed by atoms with Crippen molar-refractivity contribution in [2.75, 3.05) is 29.9 Å². The van der Waals surface area contributed by atoms with Crippen LogP contribution in [0.4, 0.5) is 11.5 Å². The van der Waals surface area contributed by atoms with Crippen LogP contribution in [0.5, 0.6) is 5.75 Å². The molecule has 8 heteroatoms. The summed E-state index contributed by atoms with van der Waals surface area (Å²) in [5.41, 5.74) is 4.72. The summed E-state index contributed by atoms with van der Waals surface area (Å²) < 4.78 is 11.8. The first kappa shape index (κ1) is 28.0. The van der Waals surface area contributed by atoms with E-state index in [1.807, 2.05) is 49.4 Å². The minimum Gasteiger partial charge on any atom is -0.493 e. The van der Waals surface area contributed by atoms with Gasteiger partial charge in [-0.25, -0.2) is 9.78 Å². The Hall–Kier alpha value is -5.11. The maximum absolute atomic E-state index is 13.1. The van der Waals surface area contributed by atoms with E-state index in [4.69, 9.17) is 14.3 Å². The van der Waals surface area contributed by atoms with Crippen molar-refractivity contribution in [1.29, 1.82) is 0 Å². The standard InChI is InChI=1S/C35H33N3O5/c1-23-30-19-26(18-24-6-3-2-4-7-24)10-12-31(30)43-33(23)34(39)37-28-11-13-32(36-21-28)38-16-14-25(15-17-38)22-42-29-9-5-8-27(20-29)35(40)41/h2-13,19-21,25H,14-18,22H2,1H3,(H,37,39)(H,40,41). The molecule has 0 spiro atoms. The van der Waals surface area contributed by atoms with E-state index in [2.05, 4.69) is 33.4 Å². The van der Waals surface area contributed by atoms with Gasteiger partial charge >= 0.3 is 5.97 Å². The molecule has 5 aromatic rings. The van der Waals surface area contributed by atoms with Crippen LogP contribution < -0.4 is 15.0 Å². The van der Waals surface area contributed by atoms with E-state index in [1.54, 1.807) is 30.5 Å². The van der Waals surface area contributed by atoms with Gasteiger partial charge in [-0.1, -0.05) is 42.5 Å². The van der Waals surface area contributed by atoms with Gasteiger partial charge in [0.1, 0.15) is 17.2 Å². The predicted octanol–water partition coefficient (Wildman–Crippen LogP) is 6.97. The van der Waals surface area contributed by atoms with Gasteiger partial charge in [0.25, 0.3) is 5.91 Å². The number of benzene rings is 3. The Labute approximate surface area is 249 Å². The van der Waals surface area contributed by atoms with Crippen LogP contribution in [0.1, 0.15) is 50.4 Å². The molecule has 0 aliphatic carbocycles. The lowest BCUT2D eigenvalue weighted by Crippen LogP contribution is -2.36. The summed E-state index contributed by atoms with van der Waals surface area (Å²) in [5, 5.41) is 13.0. The predicted molar refractivity (Wildman–Crippen MR) is 166 cm³/mol. The van der Waals surface area contributed by atoms with Gasteiger partial charge in [-0.3, -0.25) is 4.79 Å². The van der Waals surface area contributed by atoms with E-state index in [0.29, 0.717) is 35.3 Å². The van der Waals surface area contributed by atoms with Crippen LogP contribution in [-0.2, 0) is 6.42 Å². The Morgan fingerprint density at radius 2 is 1.79 bits per heavy atom. The number of aromatic carboxylic acids is 1. The smallest absolute Gasteiger partial charge is 0.335 e. The molecule has 1 amide bonds. The quantitative estimate of drug-likeness (QED) is 0.195. The van der Waals surface area contributed by atoms with E-state index in [9.17, 15) is 9.59 Å². The lowest BCUT2D eigenvalue weighted by atomic mass is 9.98. The highest BCUT2D eigenvalue weighted by atomic mass is 16.5. The summed E-state index contributed by atoms with van der Waals surface area (Å²) in [7, 11) is 0. The molecule has 1 saturated heterocycles. The minimum atomic E-state index is -0.963. The van der Waals surface area contributed by atoms with Gasteiger partial charge in [0.2, 0.25) is 0 Å². The third-order valence-electron chi connectivity index (χ3n) is 7.97. The first-order chi connectivity index (χ1) is 20.9. The van der Waals surface area contributed by atoms with Gasteiger partial charge in [-0.15, -0.1) is 0 Å². The Morgan fingerprint density at radius 1 is 0.977 bits per heavy atom. The largest absolute Gasteiger partial charge is 0.493 e. The first-order valence-corrected chi connectivity index (χ1v) is 14.5. The molecule has 1 fully saturated rings. The molecule has 2 aromatic heterocycles. The van der Waals surface area contributed by atoms with E-state index in [1.165, 1.54) is 5.56 Å². The average Bonchev–Trinajstić information content (AvgIpc) is 3.37. The van der Waals surface area contributed by atoms with Crippen molar-refractivity contribution >= 4 is 34.4 Å². The Kier molecular flexibility index (Phi) is 8.09. The Balaban J connectivity index is 1.03. The molecular weight excluding hydrogens is 542 g/mol. The number of rotatable bonds is 9. The number of pyridine rings is 1. The topological polar surface area (TPSA) is 105 Å². The molecule has 3 heterocycles. The summed E-state index contributed by atoms with van der Waals surface area (Å²) >= 11 is 0. The molecule has 6 rings (SSSR count). The van der Waals surface area contributed by atoms with E-state index in [-0.39, 0.29) is 11.5 Å². The highest BCUT2D eigenvalue weighted by molar-refractivity contribution is 6.06. The van der Waals surface area contributed by atoms with Crippen molar-refractivity contribution in [3.63, 3.8) is 0 Å². The van der Waals surface area contributed by atoms with Crippen LogP contribution in [-0.4, -0.2) is 41.7 Å². The van der Waals surface area contributed by atoms with Gasteiger partial charge in [-0.05, 0) is 85.7 Å². The summed E-state index contributed by atoms with van der Waals surface area (Å²) in [6.45, 7) is 4.14. The van der Waals surface area contributed by atoms with Crippen LogP contribution in [0.2, 0.25) is 0 Å². The fraction of sp³-hybridized carbons (Fsp3) is 0.229. The molecule has 1 aliphatic rings. The maximum Gasteiger partial charge on any atom is 0.335 e. The normalized spacial score (nSPS) is 13.7. The van der Waals surface area contributed by atoms with Crippen molar-refractivity contribution in [2.24, 2.45) is 5.92 Å². The molecular formula is C35H33N3O5. The third-order valence-corrected chi connectivity index (χ3v) is 7.97. The zero-order valence-electron chi connectivity index (χ0n) is 24.0. The van der Waals surface area contributed by atoms with Crippen LogP contribution in [0.15, 0.2) is 95.5 Å². The summed E-state index contributed by atoms with van der Waals surface area (Å²) in [6, 6.07) is 26.7. The van der Waals surface area contributed by atoms with Gasteiger partial charge in [-0.2, -0.15) is 0 Å². The number of piperidine rings is 1. The van der Waals surface area contributed by atoms with Crippen molar-refractivity contribution in [3.8, 4) is 5.75 Å². The Bertz CT molecular complexity index is 1740. The fourth-order valence-corrected chi connectivity index (χ4v) is 5.52. The number of carbonyl (C=O) groups is 2. The molecule has 0 bridgehead atoms. The molecule has 1 aliphatic heterocycles. The second kappa shape index (κ2) is 12.4. The SMILES string of the molecule is Cc1c(C(=O)Nc2ccc(N3CCC(COc4cccc(C(=O)O)c4)CC3)nc2)oc2ccc(Cc3ccccc3)cc12. The highest BCUT2D eigenvalue weighted by Crippen LogP contribution is 2.29. The van der Waals surface area contributed by atoms with Crippen LogP contribution >= 0.6 is 0 Å². The number of amides is 1. The van der Waals surface area contributed by atoms with E-state index >= 15 is 0 Å². The lowest BCUT2D eigenvalue weighted by Gasteiger charge is -2.32. The third kappa shape index (κ3) is 6.54. The number of carboxylic acids is 1. The molecule has 0 atom stereocenters. The number of furan rings is 1. The number of aromatic nitrogens is 1. The van der Waals surface area contributed by atoms with E-state index in [0.717, 1.165) is 54.7 Å². The maximum atomic E-state index is 13.1. The molecule has 218 valence electrons.